The van der Waals surface area contributed by atoms with Crippen molar-refractivity contribution in [2.75, 3.05) is 6.54 Å². The van der Waals surface area contributed by atoms with Gasteiger partial charge >= 0.3 is 0 Å². The number of hydrogen-bond acceptors (Lipinski definition) is 3. The summed E-state index contributed by atoms with van der Waals surface area (Å²) < 4.78 is 0. The van der Waals surface area contributed by atoms with Gasteiger partial charge < -0.3 is 15.9 Å². The summed E-state index contributed by atoms with van der Waals surface area (Å²) in [5.41, 5.74) is 6.34. The second kappa shape index (κ2) is 4.68. The van der Waals surface area contributed by atoms with Crippen molar-refractivity contribution in [2.45, 2.75) is 13.8 Å². The van der Waals surface area contributed by atoms with E-state index in [9.17, 15) is 5.11 Å². The van der Waals surface area contributed by atoms with Crippen LogP contribution in [0.5, 0.6) is 11.5 Å². The molecule has 0 fully saturated rings. The van der Waals surface area contributed by atoms with Crippen LogP contribution >= 0.6 is 0 Å². The molecule has 1 aromatic rings. The first kappa shape index (κ1) is 11.4. The Balaban J connectivity index is 2.87. The van der Waals surface area contributed by atoms with Crippen molar-refractivity contribution < 1.29 is 10.2 Å². The lowest BCUT2D eigenvalue weighted by Gasteiger charge is -2.04. The lowest BCUT2D eigenvalue weighted by Crippen LogP contribution is -2.14. The number of aromatic hydroxyl groups is 2. The SMILES string of the molecule is CC(C)CN=C(N)c1ccc(O)c(O)c1. The zero-order valence-electron chi connectivity index (χ0n) is 8.94. The average molecular weight is 208 g/mol. The van der Waals surface area contributed by atoms with Gasteiger partial charge in [0.05, 0.1) is 0 Å². The maximum Gasteiger partial charge on any atom is 0.158 e. The van der Waals surface area contributed by atoms with Gasteiger partial charge in [-0.2, -0.15) is 0 Å². The quantitative estimate of drug-likeness (QED) is 0.399. The smallest absolute Gasteiger partial charge is 0.158 e. The summed E-state index contributed by atoms with van der Waals surface area (Å²) in [6.07, 6.45) is 0. The van der Waals surface area contributed by atoms with E-state index in [2.05, 4.69) is 4.99 Å². The molecule has 15 heavy (non-hydrogen) atoms. The van der Waals surface area contributed by atoms with E-state index in [0.717, 1.165) is 0 Å². The summed E-state index contributed by atoms with van der Waals surface area (Å²) in [7, 11) is 0. The molecule has 0 saturated heterocycles. The van der Waals surface area contributed by atoms with Crippen molar-refractivity contribution in [1.82, 2.24) is 0 Å². The summed E-state index contributed by atoms with van der Waals surface area (Å²) in [6.45, 7) is 4.74. The normalized spacial score (nSPS) is 12.1. The monoisotopic (exact) mass is 208 g/mol. The van der Waals surface area contributed by atoms with E-state index < -0.39 is 0 Å². The summed E-state index contributed by atoms with van der Waals surface area (Å²) in [5, 5.41) is 18.4. The second-order valence-electron chi connectivity index (χ2n) is 3.82. The highest BCUT2D eigenvalue weighted by Crippen LogP contribution is 2.24. The van der Waals surface area contributed by atoms with Crippen LogP contribution in [0.4, 0.5) is 0 Å². The lowest BCUT2D eigenvalue weighted by atomic mass is 10.2. The van der Waals surface area contributed by atoms with Crippen LogP contribution < -0.4 is 5.73 Å². The van der Waals surface area contributed by atoms with Gasteiger partial charge in [0.15, 0.2) is 11.5 Å². The Labute approximate surface area is 89.1 Å². The molecule has 0 heterocycles. The van der Waals surface area contributed by atoms with Gasteiger partial charge in [-0.25, -0.2) is 0 Å². The molecule has 0 unspecified atom stereocenters. The van der Waals surface area contributed by atoms with Gasteiger partial charge in [0.25, 0.3) is 0 Å². The average Bonchev–Trinajstić information content (AvgIpc) is 2.18. The highest BCUT2D eigenvalue weighted by atomic mass is 16.3. The first-order chi connectivity index (χ1) is 7.00. The minimum Gasteiger partial charge on any atom is -0.504 e. The van der Waals surface area contributed by atoms with Gasteiger partial charge in [-0.15, -0.1) is 0 Å². The van der Waals surface area contributed by atoms with Crippen molar-refractivity contribution in [2.24, 2.45) is 16.6 Å². The second-order valence-corrected chi connectivity index (χ2v) is 3.82. The van der Waals surface area contributed by atoms with Crippen LogP contribution in [0.25, 0.3) is 0 Å². The first-order valence-corrected chi connectivity index (χ1v) is 4.83. The fraction of sp³-hybridized carbons (Fsp3) is 0.364. The Hall–Kier alpha value is -1.71. The molecule has 0 bridgehead atoms. The van der Waals surface area contributed by atoms with E-state index in [1.807, 2.05) is 13.8 Å². The number of phenolic OH excluding ortho intramolecular Hbond substituents is 2. The van der Waals surface area contributed by atoms with Crippen LogP contribution in [-0.4, -0.2) is 22.6 Å². The summed E-state index contributed by atoms with van der Waals surface area (Å²) in [5.74, 6) is 0.471. The molecule has 0 atom stereocenters. The molecule has 0 aliphatic rings. The highest BCUT2D eigenvalue weighted by molar-refractivity contribution is 5.98. The van der Waals surface area contributed by atoms with Gasteiger partial charge in [-0.3, -0.25) is 4.99 Å². The van der Waals surface area contributed by atoms with Crippen molar-refractivity contribution in [1.29, 1.82) is 0 Å². The third-order valence-corrected chi connectivity index (χ3v) is 1.90. The van der Waals surface area contributed by atoms with Crippen molar-refractivity contribution >= 4 is 5.84 Å². The molecule has 0 saturated carbocycles. The molecule has 1 rings (SSSR count). The molecule has 1 aromatic carbocycles. The number of nitrogens with two attached hydrogens (primary N) is 1. The number of benzene rings is 1. The maximum absolute atomic E-state index is 9.27. The number of nitrogens with zero attached hydrogens (tertiary/aromatic N) is 1. The van der Waals surface area contributed by atoms with E-state index in [-0.39, 0.29) is 11.5 Å². The Morgan fingerprint density at radius 1 is 1.33 bits per heavy atom. The fourth-order valence-corrected chi connectivity index (χ4v) is 1.05. The molecule has 0 spiro atoms. The van der Waals surface area contributed by atoms with E-state index in [1.165, 1.54) is 12.1 Å². The zero-order chi connectivity index (χ0) is 11.4. The number of aliphatic imine (C=N–C) groups is 1. The first-order valence-electron chi connectivity index (χ1n) is 4.83. The standard InChI is InChI=1S/C11H16N2O2/c1-7(2)6-13-11(12)8-3-4-9(14)10(15)5-8/h3-5,7,14-15H,6H2,1-2H3,(H2,12,13). The molecule has 4 nitrogen and oxygen atoms in total. The Bertz CT molecular complexity index is 373. The maximum atomic E-state index is 9.27. The van der Waals surface area contributed by atoms with Crippen LogP contribution in [0.3, 0.4) is 0 Å². The van der Waals surface area contributed by atoms with E-state index in [4.69, 9.17) is 10.8 Å². The van der Waals surface area contributed by atoms with Gasteiger partial charge in [0.1, 0.15) is 5.84 Å². The largest absolute Gasteiger partial charge is 0.504 e. The molecular formula is C11H16N2O2. The van der Waals surface area contributed by atoms with E-state index in [1.54, 1.807) is 6.07 Å². The fourth-order valence-electron chi connectivity index (χ4n) is 1.05. The topological polar surface area (TPSA) is 78.8 Å². The summed E-state index contributed by atoms with van der Waals surface area (Å²) in [4.78, 5) is 4.17. The molecule has 0 aliphatic heterocycles. The van der Waals surface area contributed by atoms with Crippen LogP contribution in [-0.2, 0) is 0 Å². The molecule has 4 heteroatoms. The molecule has 0 aliphatic carbocycles. The molecule has 82 valence electrons. The number of phenols is 2. The van der Waals surface area contributed by atoms with Crippen molar-refractivity contribution in [3.8, 4) is 11.5 Å². The third kappa shape index (κ3) is 3.16. The Kier molecular flexibility index (Phi) is 3.55. The number of hydrogen-bond donors (Lipinski definition) is 3. The molecule has 0 aromatic heterocycles. The van der Waals surface area contributed by atoms with Gasteiger partial charge in [0, 0.05) is 12.1 Å². The van der Waals surface area contributed by atoms with Crippen molar-refractivity contribution in [3.05, 3.63) is 23.8 Å². The van der Waals surface area contributed by atoms with Crippen LogP contribution in [0, 0.1) is 5.92 Å². The molecule has 0 amide bonds. The third-order valence-electron chi connectivity index (χ3n) is 1.90. The van der Waals surface area contributed by atoms with Gasteiger partial charge in [0.2, 0.25) is 0 Å². The van der Waals surface area contributed by atoms with Gasteiger partial charge in [-0.05, 0) is 24.1 Å². The van der Waals surface area contributed by atoms with Crippen LogP contribution in [0.15, 0.2) is 23.2 Å². The van der Waals surface area contributed by atoms with Gasteiger partial charge in [-0.1, -0.05) is 13.8 Å². The predicted molar refractivity (Wildman–Crippen MR) is 60.2 cm³/mol. The molecule has 4 N–H and O–H groups in total. The summed E-state index contributed by atoms with van der Waals surface area (Å²) in [6, 6.07) is 4.41. The lowest BCUT2D eigenvalue weighted by molar-refractivity contribution is 0.403. The summed E-state index contributed by atoms with van der Waals surface area (Å²) >= 11 is 0. The Morgan fingerprint density at radius 3 is 2.53 bits per heavy atom. The minimum atomic E-state index is -0.185. The van der Waals surface area contributed by atoms with E-state index >= 15 is 0 Å². The van der Waals surface area contributed by atoms with Crippen LogP contribution in [0.2, 0.25) is 0 Å². The number of rotatable bonds is 3. The Morgan fingerprint density at radius 2 is 2.00 bits per heavy atom. The predicted octanol–water partition coefficient (Wildman–Crippen LogP) is 1.46. The van der Waals surface area contributed by atoms with Crippen molar-refractivity contribution in [3.63, 3.8) is 0 Å². The molecule has 0 radical (unpaired) electrons. The minimum absolute atomic E-state index is 0.157. The number of amidine groups is 1. The highest BCUT2D eigenvalue weighted by Gasteiger charge is 2.03. The zero-order valence-corrected chi connectivity index (χ0v) is 8.94. The molecular weight excluding hydrogens is 192 g/mol. The van der Waals surface area contributed by atoms with Crippen LogP contribution in [0.1, 0.15) is 19.4 Å². The van der Waals surface area contributed by atoms with E-state index in [0.29, 0.717) is 23.9 Å².